The summed E-state index contributed by atoms with van der Waals surface area (Å²) in [5.74, 6) is -1.35. The van der Waals surface area contributed by atoms with Crippen LogP contribution in [0.15, 0.2) is 71.6 Å². The summed E-state index contributed by atoms with van der Waals surface area (Å²) in [6, 6.07) is 18.0. The van der Waals surface area contributed by atoms with Gasteiger partial charge in [-0.15, -0.1) is 0 Å². The van der Waals surface area contributed by atoms with Gasteiger partial charge in [-0.3, -0.25) is 9.59 Å². The molecule has 9 heteroatoms. The second kappa shape index (κ2) is 8.74. The SMILES string of the molecule is NC(=O)c1ccccc1NC(=O)c1cc(S(=O)(=O)N2CCc3ccccc3C2)ccc1Cl. The Balaban J connectivity index is 1.63. The van der Waals surface area contributed by atoms with E-state index in [4.69, 9.17) is 17.3 Å². The number of rotatable bonds is 5. The maximum absolute atomic E-state index is 13.3. The Hall–Kier alpha value is -3.20. The molecule has 3 aromatic rings. The van der Waals surface area contributed by atoms with E-state index in [1.54, 1.807) is 12.1 Å². The quantitative estimate of drug-likeness (QED) is 0.596. The third-order valence-corrected chi connectivity index (χ3v) is 7.53. The first-order valence-corrected chi connectivity index (χ1v) is 11.7. The van der Waals surface area contributed by atoms with Gasteiger partial charge in [-0.25, -0.2) is 8.42 Å². The lowest BCUT2D eigenvalue weighted by atomic mass is 10.0. The molecule has 0 fully saturated rings. The number of carbonyl (C=O) groups is 2. The second-order valence-electron chi connectivity index (χ2n) is 7.36. The minimum atomic E-state index is -3.85. The number of hydrogen-bond donors (Lipinski definition) is 2. The number of amides is 2. The number of hydrogen-bond acceptors (Lipinski definition) is 4. The first-order chi connectivity index (χ1) is 15.3. The van der Waals surface area contributed by atoms with Gasteiger partial charge in [-0.2, -0.15) is 4.31 Å². The minimum Gasteiger partial charge on any atom is -0.366 e. The number of halogens is 1. The van der Waals surface area contributed by atoms with Crippen molar-refractivity contribution in [2.24, 2.45) is 5.73 Å². The summed E-state index contributed by atoms with van der Waals surface area (Å²) in [5.41, 5.74) is 7.76. The van der Waals surface area contributed by atoms with Crippen LogP contribution in [-0.2, 0) is 23.0 Å². The highest BCUT2D eigenvalue weighted by atomic mass is 35.5. The zero-order chi connectivity index (χ0) is 22.9. The molecule has 1 aliphatic rings. The minimum absolute atomic E-state index is 0.0237. The fourth-order valence-electron chi connectivity index (χ4n) is 3.66. The number of nitrogens with one attached hydrogen (secondary N) is 1. The number of para-hydroxylation sites is 1. The molecule has 1 heterocycles. The molecule has 4 rings (SSSR count). The van der Waals surface area contributed by atoms with Crippen LogP contribution in [-0.4, -0.2) is 31.1 Å². The molecule has 3 aromatic carbocycles. The maximum Gasteiger partial charge on any atom is 0.257 e. The summed E-state index contributed by atoms with van der Waals surface area (Å²) >= 11 is 6.20. The summed E-state index contributed by atoms with van der Waals surface area (Å²) in [4.78, 5) is 24.5. The molecular formula is C23H20ClN3O4S. The molecule has 0 saturated heterocycles. The topological polar surface area (TPSA) is 110 Å². The van der Waals surface area contributed by atoms with Crippen molar-refractivity contribution >= 4 is 39.1 Å². The van der Waals surface area contributed by atoms with Gasteiger partial charge in [0.05, 0.1) is 26.7 Å². The Morgan fingerprint density at radius 2 is 1.62 bits per heavy atom. The molecule has 3 N–H and O–H groups in total. The summed E-state index contributed by atoms with van der Waals surface area (Å²) in [5, 5.41) is 2.67. The summed E-state index contributed by atoms with van der Waals surface area (Å²) in [6.45, 7) is 0.601. The van der Waals surface area contributed by atoms with E-state index in [-0.39, 0.29) is 33.3 Å². The van der Waals surface area contributed by atoms with E-state index in [0.717, 1.165) is 11.1 Å². The molecule has 0 spiro atoms. The van der Waals surface area contributed by atoms with Crippen LogP contribution in [0.3, 0.4) is 0 Å². The number of nitrogens with zero attached hydrogens (tertiary/aromatic N) is 1. The molecule has 0 bridgehead atoms. The van der Waals surface area contributed by atoms with Crippen LogP contribution >= 0.6 is 11.6 Å². The number of primary amides is 1. The maximum atomic E-state index is 13.3. The second-order valence-corrected chi connectivity index (χ2v) is 9.71. The number of sulfonamides is 1. The standard InChI is InChI=1S/C23H20ClN3O4S/c24-20-10-9-17(32(30,31)27-12-11-15-5-1-2-6-16(15)14-27)13-19(20)23(29)26-21-8-4-3-7-18(21)22(25)28/h1-10,13H,11-12,14H2,(H2,25,28)(H,26,29). The van der Waals surface area contributed by atoms with Crippen molar-refractivity contribution in [2.75, 3.05) is 11.9 Å². The van der Waals surface area contributed by atoms with Gasteiger partial charge in [0.1, 0.15) is 0 Å². The van der Waals surface area contributed by atoms with E-state index >= 15 is 0 Å². The van der Waals surface area contributed by atoms with Gasteiger partial charge in [0.15, 0.2) is 0 Å². The first kappa shape index (κ1) is 22.0. The van der Waals surface area contributed by atoms with Crippen molar-refractivity contribution < 1.29 is 18.0 Å². The van der Waals surface area contributed by atoms with Crippen LogP contribution in [0.25, 0.3) is 0 Å². The summed E-state index contributed by atoms with van der Waals surface area (Å²) < 4.78 is 27.9. The molecule has 32 heavy (non-hydrogen) atoms. The van der Waals surface area contributed by atoms with E-state index in [0.29, 0.717) is 13.0 Å². The Morgan fingerprint density at radius 1 is 0.938 bits per heavy atom. The van der Waals surface area contributed by atoms with Gasteiger partial charge in [-0.05, 0) is 47.9 Å². The van der Waals surface area contributed by atoms with E-state index in [9.17, 15) is 18.0 Å². The highest BCUT2D eigenvalue weighted by Gasteiger charge is 2.29. The molecular weight excluding hydrogens is 450 g/mol. The highest BCUT2D eigenvalue weighted by molar-refractivity contribution is 7.89. The molecule has 1 aliphatic heterocycles. The Kier molecular flexibility index (Phi) is 6.01. The van der Waals surface area contributed by atoms with Gasteiger partial charge in [-0.1, -0.05) is 48.0 Å². The molecule has 7 nitrogen and oxygen atoms in total. The lowest BCUT2D eigenvalue weighted by molar-refractivity contribution is 0.100. The average Bonchev–Trinajstić information content (AvgIpc) is 2.79. The van der Waals surface area contributed by atoms with E-state index in [1.165, 1.54) is 34.6 Å². The Labute approximate surface area is 190 Å². The van der Waals surface area contributed by atoms with Gasteiger partial charge >= 0.3 is 0 Å². The van der Waals surface area contributed by atoms with Crippen LogP contribution in [0.4, 0.5) is 5.69 Å². The normalized spacial score (nSPS) is 13.9. The van der Waals surface area contributed by atoms with Crippen LogP contribution < -0.4 is 11.1 Å². The molecule has 0 unspecified atom stereocenters. The van der Waals surface area contributed by atoms with Crippen molar-refractivity contribution in [2.45, 2.75) is 17.9 Å². The van der Waals surface area contributed by atoms with Crippen LogP contribution in [0, 0.1) is 0 Å². The van der Waals surface area contributed by atoms with E-state index in [1.807, 2.05) is 24.3 Å². The van der Waals surface area contributed by atoms with Crippen LogP contribution in [0.1, 0.15) is 31.8 Å². The van der Waals surface area contributed by atoms with Gasteiger partial charge in [0, 0.05) is 13.1 Å². The monoisotopic (exact) mass is 469 g/mol. The van der Waals surface area contributed by atoms with Crippen molar-refractivity contribution in [1.29, 1.82) is 0 Å². The van der Waals surface area contributed by atoms with E-state index in [2.05, 4.69) is 5.32 Å². The third-order valence-electron chi connectivity index (χ3n) is 5.36. The van der Waals surface area contributed by atoms with Crippen molar-refractivity contribution in [3.8, 4) is 0 Å². The smallest absolute Gasteiger partial charge is 0.257 e. The fraction of sp³-hybridized carbons (Fsp3) is 0.130. The predicted octanol–water partition coefficient (Wildman–Crippen LogP) is 3.44. The molecule has 0 radical (unpaired) electrons. The number of anilines is 1. The summed E-state index contributed by atoms with van der Waals surface area (Å²) in [7, 11) is -3.85. The first-order valence-electron chi connectivity index (χ1n) is 9.84. The van der Waals surface area contributed by atoms with E-state index < -0.39 is 21.8 Å². The molecule has 0 aliphatic carbocycles. The fourth-order valence-corrected chi connectivity index (χ4v) is 5.31. The lowest BCUT2D eigenvalue weighted by Gasteiger charge is -2.28. The Bertz CT molecular complexity index is 1320. The van der Waals surface area contributed by atoms with Gasteiger partial charge in [0.2, 0.25) is 10.0 Å². The van der Waals surface area contributed by atoms with Gasteiger partial charge in [0.25, 0.3) is 11.8 Å². The lowest BCUT2D eigenvalue weighted by Crippen LogP contribution is -2.36. The molecule has 0 saturated carbocycles. The Morgan fingerprint density at radius 3 is 2.38 bits per heavy atom. The molecule has 2 amide bonds. The third kappa shape index (κ3) is 4.25. The highest BCUT2D eigenvalue weighted by Crippen LogP contribution is 2.28. The van der Waals surface area contributed by atoms with Crippen molar-refractivity contribution in [3.63, 3.8) is 0 Å². The van der Waals surface area contributed by atoms with Crippen LogP contribution in [0.5, 0.6) is 0 Å². The van der Waals surface area contributed by atoms with Crippen LogP contribution in [0.2, 0.25) is 5.02 Å². The van der Waals surface area contributed by atoms with Gasteiger partial charge < -0.3 is 11.1 Å². The number of benzene rings is 3. The zero-order valence-corrected chi connectivity index (χ0v) is 18.5. The molecule has 0 aromatic heterocycles. The summed E-state index contributed by atoms with van der Waals surface area (Å²) in [6.07, 6.45) is 0.611. The largest absolute Gasteiger partial charge is 0.366 e. The molecule has 164 valence electrons. The molecule has 0 atom stereocenters. The van der Waals surface area contributed by atoms with Crippen molar-refractivity contribution in [1.82, 2.24) is 4.31 Å². The number of fused-ring (bicyclic) bond motifs is 1. The average molecular weight is 470 g/mol. The predicted molar refractivity (Wildman–Crippen MR) is 122 cm³/mol. The number of carbonyl (C=O) groups excluding carboxylic acids is 2. The van der Waals surface area contributed by atoms with Crippen molar-refractivity contribution in [3.05, 3.63) is 94.0 Å². The zero-order valence-electron chi connectivity index (χ0n) is 16.9. The number of nitrogens with two attached hydrogens (primary N) is 1.